The Hall–Kier alpha value is -2.45. The minimum Gasteiger partial charge on any atom is -0.380 e. The van der Waals surface area contributed by atoms with Gasteiger partial charge in [0.2, 0.25) is 0 Å². The second-order valence-corrected chi connectivity index (χ2v) is 7.09. The zero-order chi connectivity index (χ0) is 18.3. The second-order valence-electron chi connectivity index (χ2n) is 7.09. The van der Waals surface area contributed by atoms with E-state index in [0.717, 1.165) is 42.4 Å². The van der Waals surface area contributed by atoms with Crippen molar-refractivity contribution in [3.8, 4) is 0 Å². The van der Waals surface area contributed by atoms with Crippen molar-refractivity contribution in [1.82, 2.24) is 24.7 Å². The van der Waals surface area contributed by atoms with Gasteiger partial charge in [0.25, 0.3) is 5.56 Å². The number of fused-ring (bicyclic) bond motifs is 1. The third-order valence-corrected chi connectivity index (χ3v) is 4.92. The molecule has 138 valence electrons. The highest BCUT2D eigenvalue weighted by Crippen LogP contribution is 2.25. The summed E-state index contributed by atoms with van der Waals surface area (Å²) in [6.07, 6.45) is 0.918. The summed E-state index contributed by atoms with van der Waals surface area (Å²) < 4.78 is 12.5. The monoisotopic (exact) mass is 357 g/mol. The van der Waals surface area contributed by atoms with Gasteiger partial charge in [-0.2, -0.15) is 0 Å². The van der Waals surface area contributed by atoms with E-state index >= 15 is 0 Å². The summed E-state index contributed by atoms with van der Waals surface area (Å²) in [6.45, 7) is 6.13. The van der Waals surface area contributed by atoms with Gasteiger partial charge < -0.3 is 9.26 Å². The van der Waals surface area contributed by atoms with Gasteiger partial charge in [0, 0.05) is 63.0 Å². The van der Waals surface area contributed by atoms with E-state index < -0.39 is 0 Å². The molecule has 0 radical (unpaired) electrons. The maximum atomic E-state index is 12.2. The van der Waals surface area contributed by atoms with Crippen LogP contribution in [0.5, 0.6) is 0 Å². The molecule has 2 atom stereocenters. The predicted molar refractivity (Wildman–Crippen MR) is 95.1 cm³/mol. The lowest BCUT2D eigenvalue weighted by atomic mass is 10.0. The fraction of sp³-hybridized carbons (Fsp3) is 0.500. The summed E-state index contributed by atoms with van der Waals surface area (Å²) in [7, 11) is 1.74. The van der Waals surface area contributed by atoms with Gasteiger partial charge in [-0.25, -0.2) is 9.50 Å². The van der Waals surface area contributed by atoms with Gasteiger partial charge >= 0.3 is 0 Å². The van der Waals surface area contributed by atoms with Crippen LogP contribution in [0.1, 0.15) is 22.8 Å². The highest BCUT2D eigenvalue weighted by atomic mass is 16.5. The van der Waals surface area contributed by atoms with Crippen LogP contribution in [-0.4, -0.2) is 51.0 Å². The average molecular weight is 357 g/mol. The van der Waals surface area contributed by atoms with Crippen molar-refractivity contribution in [2.24, 2.45) is 5.92 Å². The average Bonchev–Trinajstić information content (AvgIpc) is 3.27. The maximum Gasteiger partial charge on any atom is 0.272 e. The van der Waals surface area contributed by atoms with Gasteiger partial charge in [-0.05, 0) is 13.8 Å². The van der Waals surface area contributed by atoms with E-state index in [9.17, 15) is 4.79 Å². The minimum atomic E-state index is -0.0886. The predicted octanol–water partition coefficient (Wildman–Crippen LogP) is 1.32. The first-order valence-electron chi connectivity index (χ1n) is 8.77. The van der Waals surface area contributed by atoms with Crippen molar-refractivity contribution >= 4 is 5.65 Å². The molecule has 3 aromatic heterocycles. The standard InChI is InChI=1S/C18H23N5O3/c1-11-5-17-19-14(7-18(24)23(17)20-11)9-22-8-13(16(10-22)25-3)6-15-4-12(2)21-26-15/h4-5,7,13,16,20H,6,8-10H2,1-3H3/t13-,16+/m1/s1. The molecule has 1 saturated heterocycles. The highest BCUT2D eigenvalue weighted by molar-refractivity contribution is 5.39. The molecule has 26 heavy (non-hydrogen) atoms. The molecule has 0 aliphatic carbocycles. The highest BCUT2D eigenvalue weighted by Gasteiger charge is 2.34. The quantitative estimate of drug-likeness (QED) is 0.741. The van der Waals surface area contributed by atoms with E-state index in [1.807, 2.05) is 26.0 Å². The Balaban J connectivity index is 1.49. The minimum absolute atomic E-state index is 0.0886. The SMILES string of the molecule is CO[C@H]1CN(Cc2cc(=O)n3[nH]c(C)cc3n2)C[C@H]1Cc1cc(C)no1. The first-order chi connectivity index (χ1) is 12.5. The summed E-state index contributed by atoms with van der Waals surface area (Å²) in [6, 6.07) is 5.44. The van der Waals surface area contributed by atoms with E-state index in [1.54, 1.807) is 13.2 Å². The zero-order valence-electron chi connectivity index (χ0n) is 15.2. The number of rotatable bonds is 5. The third-order valence-electron chi connectivity index (χ3n) is 4.92. The Morgan fingerprint density at radius 3 is 2.88 bits per heavy atom. The molecule has 8 nitrogen and oxygen atoms in total. The van der Waals surface area contributed by atoms with Gasteiger partial charge in [0.05, 0.1) is 17.5 Å². The van der Waals surface area contributed by atoms with Crippen molar-refractivity contribution in [3.05, 3.63) is 51.4 Å². The van der Waals surface area contributed by atoms with Crippen molar-refractivity contribution in [2.45, 2.75) is 32.9 Å². The summed E-state index contributed by atoms with van der Waals surface area (Å²) in [5.41, 5.74) is 3.15. The number of likely N-dealkylation sites (tertiary alicyclic amines) is 1. The van der Waals surface area contributed by atoms with Crippen LogP contribution >= 0.6 is 0 Å². The normalized spacial score (nSPS) is 21.0. The van der Waals surface area contributed by atoms with Crippen LogP contribution in [0.25, 0.3) is 5.65 Å². The van der Waals surface area contributed by atoms with Crippen LogP contribution < -0.4 is 5.56 Å². The molecule has 1 N–H and O–H groups in total. The fourth-order valence-electron chi connectivity index (χ4n) is 3.76. The smallest absolute Gasteiger partial charge is 0.272 e. The number of H-pyrrole nitrogens is 1. The number of aromatic amines is 1. The lowest BCUT2D eigenvalue weighted by Crippen LogP contribution is -2.25. The summed E-state index contributed by atoms with van der Waals surface area (Å²) in [4.78, 5) is 19.1. The molecule has 4 heterocycles. The number of hydrogen-bond acceptors (Lipinski definition) is 6. The Morgan fingerprint density at radius 1 is 1.31 bits per heavy atom. The molecular weight excluding hydrogens is 334 g/mol. The summed E-state index contributed by atoms with van der Waals surface area (Å²) in [5.74, 6) is 1.21. The van der Waals surface area contributed by atoms with E-state index in [1.165, 1.54) is 4.52 Å². The van der Waals surface area contributed by atoms with Crippen LogP contribution in [0.2, 0.25) is 0 Å². The second kappa shape index (κ2) is 6.69. The summed E-state index contributed by atoms with van der Waals surface area (Å²) >= 11 is 0. The first-order valence-corrected chi connectivity index (χ1v) is 8.77. The lowest BCUT2D eigenvalue weighted by Gasteiger charge is -2.14. The number of aryl methyl sites for hydroxylation is 2. The first kappa shape index (κ1) is 17.0. The number of nitrogens with one attached hydrogen (secondary N) is 1. The van der Waals surface area contributed by atoms with Crippen LogP contribution in [0.3, 0.4) is 0 Å². The zero-order valence-corrected chi connectivity index (χ0v) is 15.2. The molecule has 1 aliphatic heterocycles. The number of hydrogen-bond donors (Lipinski definition) is 1. The van der Waals surface area contributed by atoms with Gasteiger partial charge in [-0.3, -0.25) is 14.8 Å². The van der Waals surface area contributed by atoms with Gasteiger partial charge in [-0.15, -0.1) is 0 Å². The molecule has 3 aromatic rings. The molecule has 0 spiro atoms. The molecule has 4 rings (SSSR count). The summed E-state index contributed by atoms with van der Waals surface area (Å²) in [5, 5.41) is 6.95. The van der Waals surface area contributed by atoms with Gasteiger partial charge in [0.1, 0.15) is 5.76 Å². The molecule has 0 aromatic carbocycles. The van der Waals surface area contributed by atoms with E-state index in [-0.39, 0.29) is 11.7 Å². The van der Waals surface area contributed by atoms with Gasteiger partial charge in [0.15, 0.2) is 5.65 Å². The van der Waals surface area contributed by atoms with E-state index in [4.69, 9.17) is 9.26 Å². The Kier molecular flexibility index (Phi) is 4.37. The topological polar surface area (TPSA) is 88.7 Å². The van der Waals surface area contributed by atoms with E-state index in [2.05, 4.69) is 20.1 Å². The molecule has 1 aliphatic rings. The largest absolute Gasteiger partial charge is 0.380 e. The van der Waals surface area contributed by atoms with Crippen molar-refractivity contribution < 1.29 is 9.26 Å². The lowest BCUT2D eigenvalue weighted by molar-refractivity contribution is 0.0761. The van der Waals surface area contributed by atoms with Gasteiger partial charge in [-0.1, -0.05) is 5.16 Å². The van der Waals surface area contributed by atoms with Crippen LogP contribution in [-0.2, 0) is 17.7 Å². The van der Waals surface area contributed by atoms with Crippen molar-refractivity contribution in [2.75, 3.05) is 20.2 Å². The third kappa shape index (κ3) is 3.30. The van der Waals surface area contributed by atoms with E-state index in [0.29, 0.717) is 18.1 Å². The van der Waals surface area contributed by atoms with Crippen LogP contribution in [0, 0.1) is 19.8 Å². The Bertz CT molecular complexity index is 973. The molecule has 8 heteroatoms. The Labute approximate surface area is 150 Å². The molecular formula is C18H23N5O3. The Morgan fingerprint density at radius 2 is 2.15 bits per heavy atom. The molecule has 0 unspecified atom stereocenters. The maximum absolute atomic E-state index is 12.2. The van der Waals surface area contributed by atoms with Crippen LogP contribution in [0.4, 0.5) is 0 Å². The molecule has 1 fully saturated rings. The van der Waals surface area contributed by atoms with Crippen LogP contribution in [0.15, 0.2) is 27.5 Å². The number of ether oxygens (including phenoxy) is 1. The number of aromatic nitrogens is 4. The van der Waals surface area contributed by atoms with Crippen molar-refractivity contribution in [1.29, 1.82) is 0 Å². The molecule has 0 amide bonds. The number of nitrogens with zero attached hydrogens (tertiary/aromatic N) is 4. The van der Waals surface area contributed by atoms with Crippen molar-refractivity contribution in [3.63, 3.8) is 0 Å². The molecule has 0 bridgehead atoms. The molecule has 0 saturated carbocycles. The fourth-order valence-corrected chi connectivity index (χ4v) is 3.76. The number of methoxy groups -OCH3 is 1.